The van der Waals surface area contributed by atoms with Crippen LogP contribution in [0.3, 0.4) is 0 Å². The maximum absolute atomic E-state index is 3.97. The van der Waals surface area contributed by atoms with Gasteiger partial charge < -0.3 is 4.90 Å². The van der Waals surface area contributed by atoms with Crippen LogP contribution in [0, 0.1) is 0 Å². The van der Waals surface area contributed by atoms with Gasteiger partial charge in [-0.15, -0.1) is 0 Å². The summed E-state index contributed by atoms with van der Waals surface area (Å²) >= 11 is 0. The van der Waals surface area contributed by atoms with Crippen molar-refractivity contribution in [1.82, 2.24) is 4.90 Å². The average Bonchev–Trinajstić information content (AvgIpc) is 2.17. The SMILES string of the molecule is C=CC(=C)C(=C)CCN(CC)CC. The van der Waals surface area contributed by atoms with Crippen molar-refractivity contribution in [2.45, 2.75) is 20.3 Å². The molecular formula is C12H21N. The molecule has 0 heterocycles. The van der Waals surface area contributed by atoms with Crippen LogP contribution in [0.5, 0.6) is 0 Å². The molecule has 13 heavy (non-hydrogen) atoms. The van der Waals surface area contributed by atoms with Gasteiger partial charge in [0.1, 0.15) is 0 Å². The van der Waals surface area contributed by atoms with Crippen molar-refractivity contribution in [1.29, 1.82) is 0 Å². The summed E-state index contributed by atoms with van der Waals surface area (Å²) in [6.07, 6.45) is 2.76. The lowest BCUT2D eigenvalue weighted by atomic mass is 10.1. The number of rotatable bonds is 7. The zero-order valence-corrected chi connectivity index (χ0v) is 8.97. The first kappa shape index (κ1) is 12.2. The molecule has 0 bridgehead atoms. The standard InChI is InChI=1S/C12H21N/c1-6-11(4)12(5)9-10-13(7-2)8-3/h6H,1,4-5,7-10H2,2-3H3. The van der Waals surface area contributed by atoms with E-state index >= 15 is 0 Å². The molecule has 0 radical (unpaired) electrons. The molecule has 0 amide bonds. The van der Waals surface area contributed by atoms with Crippen LogP contribution in [0.1, 0.15) is 20.3 Å². The number of allylic oxidation sites excluding steroid dienone is 2. The highest BCUT2D eigenvalue weighted by Gasteiger charge is 2.01. The van der Waals surface area contributed by atoms with E-state index < -0.39 is 0 Å². The molecule has 0 saturated heterocycles. The Bertz CT molecular complexity index is 187. The number of hydrogen-bond donors (Lipinski definition) is 0. The van der Waals surface area contributed by atoms with Gasteiger partial charge in [0.05, 0.1) is 0 Å². The number of hydrogen-bond acceptors (Lipinski definition) is 1. The first-order valence-corrected chi connectivity index (χ1v) is 4.87. The smallest absolute Gasteiger partial charge is 0.00216 e. The lowest BCUT2D eigenvalue weighted by Gasteiger charge is -2.18. The van der Waals surface area contributed by atoms with Gasteiger partial charge >= 0.3 is 0 Å². The van der Waals surface area contributed by atoms with Gasteiger partial charge in [0, 0.05) is 6.54 Å². The molecule has 0 aromatic carbocycles. The largest absolute Gasteiger partial charge is 0.304 e. The normalized spacial score (nSPS) is 10.1. The summed E-state index contributed by atoms with van der Waals surface area (Å²) in [5.74, 6) is 0. The van der Waals surface area contributed by atoms with Crippen molar-refractivity contribution in [2.75, 3.05) is 19.6 Å². The minimum atomic E-state index is 0.965. The Morgan fingerprint density at radius 3 is 2.15 bits per heavy atom. The molecule has 0 aromatic rings. The summed E-state index contributed by atoms with van der Waals surface area (Å²) < 4.78 is 0. The quantitative estimate of drug-likeness (QED) is 0.543. The van der Waals surface area contributed by atoms with Crippen LogP contribution in [0.15, 0.2) is 37.0 Å². The van der Waals surface area contributed by atoms with E-state index in [1.54, 1.807) is 6.08 Å². The highest BCUT2D eigenvalue weighted by Crippen LogP contribution is 2.10. The van der Waals surface area contributed by atoms with Crippen LogP contribution in [0.25, 0.3) is 0 Å². The number of nitrogens with zero attached hydrogens (tertiary/aromatic N) is 1. The summed E-state index contributed by atoms with van der Waals surface area (Å²) in [7, 11) is 0. The molecule has 0 rings (SSSR count). The molecule has 0 aliphatic carbocycles. The Morgan fingerprint density at radius 1 is 1.23 bits per heavy atom. The Kier molecular flexibility index (Phi) is 6.25. The maximum Gasteiger partial charge on any atom is 0.00216 e. The van der Waals surface area contributed by atoms with Gasteiger partial charge in [0.15, 0.2) is 0 Å². The predicted octanol–water partition coefficient (Wildman–Crippen LogP) is 3.02. The van der Waals surface area contributed by atoms with Gasteiger partial charge in [-0.25, -0.2) is 0 Å². The van der Waals surface area contributed by atoms with Crippen LogP contribution in [-0.2, 0) is 0 Å². The minimum absolute atomic E-state index is 0.965. The fourth-order valence-corrected chi connectivity index (χ4v) is 1.14. The molecule has 0 saturated carbocycles. The lowest BCUT2D eigenvalue weighted by Crippen LogP contribution is -2.24. The zero-order chi connectivity index (χ0) is 10.3. The maximum atomic E-state index is 3.97. The Hall–Kier alpha value is -0.820. The third kappa shape index (κ3) is 4.69. The summed E-state index contributed by atoms with van der Waals surface area (Å²) in [6.45, 7) is 19.1. The minimum Gasteiger partial charge on any atom is -0.304 e. The van der Waals surface area contributed by atoms with E-state index in [1.807, 2.05) is 0 Å². The van der Waals surface area contributed by atoms with Gasteiger partial charge in [-0.3, -0.25) is 0 Å². The van der Waals surface area contributed by atoms with Gasteiger partial charge in [-0.2, -0.15) is 0 Å². The van der Waals surface area contributed by atoms with E-state index in [2.05, 4.69) is 38.5 Å². The van der Waals surface area contributed by atoms with Crippen LogP contribution < -0.4 is 0 Å². The molecule has 0 N–H and O–H groups in total. The van der Waals surface area contributed by atoms with E-state index in [-0.39, 0.29) is 0 Å². The molecule has 0 aromatic heterocycles. The molecule has 0 aliphatic rings. The molecule has 1 heteroatoms. The monoisotopic (exact) mass is 179 g/mol. The second-order valence-electron chi connectivity index (χ2n) is 3.11. The summed E-state index contributed by atoms with van der Waals surface area (Å²) in [4.78, 5) is 2.38. The third-order valence-corrected chi connectivity index (χ3v) is 2.32. The van der Waals surface area contributed by atoms with E-state index in [0.29, 0.717) is 0 Å². The van der Waals surface area contributed by atoms with Gasteiger partial charge in [0.25, 0.3) is 0 Å². The van der Waals surface area contributed by atoms with Crippen molar-refractivity contribution in [3.8, 4) is 0 Å². The van der Waals surface area contributed by atoms with Gasteiger partial charge in [0.2, 0.25) is 0 Å². The Balaban J connectivity index is 3.81. The van der Waals surface area contributed by atoms with Crippen molar-refractivity contribution < 1.29 is 0 Å². The van der Waals surface area contributed by atoms with Crippen molar-refractivity contribution >= 4 is 0 Å². The van der Waals surface area contributed by atoms with Crippen molar-refractivity contribution in [2.24, 2.45) is 0 Å². The first-order chi connectivity index (χ1) is 6.15. The van der Waals surface area contributed by atoms with Crippen LogP contribution in [-0.4, -0.2) is 24.5 Å². The van der Waals surface area contributed by atoms with Gasteiger partial charge in [-0.1, -0.05) is 39.7 Å². The molecule has 0 aliphatic heterocycles. The highest BCUT2D eigenvalue weighted by molar-refractivity contribution is 5.33. The van der Waals surface area contributed by atoms with Crippen molar-refractivity contribution in [3.63, 3.8) is 0 Å². The Labute approximate surface area is 82.4 Å². The molecule has 0 fully saturated rings. The van der Waals surface area contributed by atoms with E-state index in [0.717, 1.165) is 37.2 Å². The predicted molar refractivity (Wildman–Crippen MR) is 60.9 cm³/mol. The van der Waals surface area contributed by atoms with Gasteiger partial charge in [-0.05, 0) is 30.7 Å². The highest BCUT2D eigenvalue weighted by atomic mass is 15.1. The fraction of sp³-hybridized carbons (Fsp3) is 0.500. The second-order valence-corrected chi connectivity index (χ2v) is 3.11. The average molecular weight is 179 g/mol. The summed E-state index contributed by atoms with van der Waals surface area (Å²) in [5, 5.41) is 0. The van der Waals surface area contributed by atoms with E-state index in [4.69, 9.17) is 0 Å². The van der Waals surface area contributed by atoms with Crippen molar-refractivity contribution in [3.05, 3.63) is 37.0 Å². The topological polar surface area (TPSA) is 3.24 Å². The van der Waals surface area contributed by atoms with Crippen LogP contribution in [0.2, 0.25) is 0 Å². The molecule has 74 valence electrons. The van der Waals surface area contributed by atoms with E-state index in [9.17, 15) is 0 Å². The second kappa shape index (κ2) is 6.67. The third-order valence-electron chi connectivity index (χ3n) is 2.32. The molecular weight excluding hydrogens is 158 g/mol. The van der Waals surface area contributed by atoms with Crippen LogP contribution >= 0.6 is 0 Å². The zero-order valence-electron chi connectivity index (χ0n) is 8.97. The molecule has 0 atom stereocenters. The molecule has 0 spiro atoms. The molecule has 0 unspecified atom stereocenters. The van der Waals surface area contributed by atoms with Crippen LogP contribution in [0.4, 0.5) is 0 Å². The Morgan fingerprint density at radius 2 is 1.77 bits per heavy atom. The summed E-state index contributed by atoms with van der Waals surface area (Å²) in [5.41, 5.74) is 2.06. The summed E-state index contributed by atoms with van der Waals surface area (Å²) in [6, 6.07) is 0. The fourth-order valence-electron chi connectivity index (χ4n) is 1.14. The molecule has 1 nitrogen and oxygen atoms in total. The lowest BCUT2D eigenvalue weighted by molar-refractivity contribution is 0.308. The van der Waals surface area contributed by atoms with E-state index in [1.165, 1.54) is 0 Å². The first-order valence-electron chi connectivity index (χ1n) is 4.87.